The third kappa shape index (κ3) is 3.98. The van der Waals surface area contributed by atoms with E-state index in [-0.39, 0.29) is 0 Å². The van der Waals surface area contributed by atoms with E-state index in [4.69, 9.17) is 9.97 Å². The second-order valence-corrected chi connectivity index (χ2v) is 9.54. The Balaban J connectivity index is 1.43. The van der Waals surface area contributed by atoms with Crippen LogP contribution in [0.2, 0.25) is 0 Å². The van der Waals surface area contributed by atoms with E-state index in [0.717, 1.165) is 56.5 Å². The van der Waals surface area contributed by atoms with Crippen molar-refractivity contribution in [1.82, 2.24) is 24.6 Å². The summed E-state index contributed by atoms with van der Waals surface area (Å²) in [5, 5.41) is 4.66. The van der Waals surface area contributed by atoms with Crippen LogP contribution in [0, 0.1) is 19.8 Å². The molecule has 2 aromatic rings. The number of piperidine rings is 1. The van der Waals surface area contributed by atoms with Gasteiger partial charge in [0, 0.05) is 49.2 Å². The van der Waals surface area contributed by atoms with Crippen LogP contribution in [0.1, 0.15) is 79.8 Å². The van der Waals surface area contributed by atoms with E-state index in [9.17, 15) is 0 Å². The van der Waals surface area contributed by atoms with Gasteiger partial charge in [-0.1, -0.05) is 6.42 Å². The fraction of sp³-hybridized carbons (Fsp3) is 0.708. The van der Waals surface area contributed by atoms with E-state index in [1.807, 2.05) is 0 Å². The molecule has 2 aromatic heterocycles. The molecule has 2 aliphatic heterocycles. The van der Waals surface area contributed by atoms with Crippen LogP contribution in [0.5, 0.6) is 0 Å². The monoisotopic (exact) mass is 408 g/mol. The maximum atomic E-state index is 5.25. The highest BCUT2D eigenvalue weighted by atomic mass is 15.3. The van der Waals surface area contributed by atoms with Crippen molar-refractivity contribution in [2.75, 3.05) is 24.5 Å². The highest BCUT2D eigenvalue weighted by Gasteiger charge is 2.32. The minimum Gasteiger partial charge on any atom is -0.356 e. The first-order valence-electron chi connectivity index (χ1n) is 12.0. The lowest BCUT2D eigenvalue weighted by atomic mass is 9.99. The average molecular weight is 409 g/mol. The van der Waals surface area contributed by atoms with Gasteiger partial charge in [-0.3, -0.25) is 9.58 Å². The van der Waals surface area contributed by atoms with E-state index in [1.165, 1.54) is 61.3 Å². The van der Waals surface area contributed by atoms with Crippen LogP contribution in [-0.4, -0.2) is 44.3 Å². The van der Waals surface area contributed by atoms with Crippen LogP contribution in [-0.2, 0) is 19.5 Å². The zero-order chi connectivity index (χ0) is 20.7. The normalized spacial score (nSPS) is 22.4. The second-order valence-electron chi connectivity index (χ2n) is 9.54. The summed E-state index contributed by atoms with van der Waals surface area (Å²) in [4.78, 5) is 15.5. The molecule has 0 aromatic carbocycles. The van der Waals surface area contributed by atoms with E-state index in [1.54, 1.807) is 0 Å². The Bertz CT molecular complexity index is 899. The molecular weight excluding hydrogens is 372 g/mol. The molecule has 30 heavy (non-hydrogen) atoms. The van der Waals surface area contributed by atoms with Gasteiger partial charge in [-0.2, -0.15) is 5.10 Å². The van der Waals surface area contributed by atoms with E-state index in [0.29, 0.717) is 6.04 Å². The minimum absolute atomic E-state index is 0.317. The molecule has 1 aliphatic carbocycles. The van der Waals surface area contributed by atoms with Crippen LogP contribution in [0.3, 0.4) is 0 Å². The van der Waals surface area contributed by atoms with Gasteiger partial charge in [0.15, 0.2) is 0 Å². The molecule has 4 heterocycles. The number of likely N-dealkylation sites (tertiary alicyclic amines) is 1. The van der Waals surface area contributed by atoms with Gasteiger partial charge in [-0.05, 0) is 71.8 Å². The molecule has 3 aliphatic rings. The molecule has 0 N–H and O–H groups in total. The number of hydrogen-bond donors (Lipinski definition) is 0. The first-order chi connectivity index (χ1) is 14.6. The molecule has 0 radical (unpaired) electrons. The third-order valence-corrected chi connectivity index (χ3v) is 7.20. The van der Waals surface area contributed by atoms with Crippen molar-refractivity contribution in [1.29, 1.82) is 0 Å². The zero-order valence-electron chi connectivity index (χ0n) is 18.9. The third-order valence-electron chi connectivity index (χ3n) is 7.20. The number of nitrogens with zero attached hydrogens (tertiary/aromatic N) is 6. The van der Waals surface area contributed by atoms with Gasteiger partial charge < -0.3 is 4.90 Å². The van der Waals surface area contributed by atoms with Crippen molar-refractivity contribution < 1.29 is 0 Å². The Labute approximate surface area is 180 Å². The van der Waals surface area contributed by atoms with Gasteiger partial charge >= 0.3 is 0 Å². The summed E-state index contributed by atoms with van der Waals surface area (Å²) in [5.74, 6) is 3.18. The SMILES string of the molecule is CCn1cc(CN2CCCC[C@@H]2c2nc(C)c3c(n2)N(CC2CC2)CCC3)c(C)n1. The van der Waals surface area contributed by atoms with Gasteiger partial charge in [-0.25, -0.2) is 9.97 Å². The topological polar surface area (TPSA) is 50.1 Å². The standard InChI is InChI=1S/C24H36N6/c1-4-30-16-20(17(2)27-30)15-28-12-6-5-9-22(28)23-25-18(3)21-8-7-13-29(24(21)26-23)14-19-10-11-19/h16,19,22H,4-15H2,1-3H3/t22-/m1/s1. The summed E-state index contributed by atoms with van der Waals surface area (Å²) < 4.78 is 2.05. The van der Waals surface area contributed by atoms with Crippen LogP contribution in [0.25, 0.3) is 0 Å². The Morgan fingerprint density at radius 3 is 2.63 bits per heavy atom. The molecule has 0 bridgehead atoms. The summed E-state index contributed by atoms with van der Waals surface area (Å²) >= 11 is 0. The van der Waals surface area contributed by atoms with Crippen molar-refractivity contribution >= 4 is 5.82 Å². The number of anilines is 1. The van der Waals surface area contributed by atoms with Gasteiger partial charge in [0.2, 0.25) is 0 Å². The van der Waals surface area contributed by atoms with Gasteiger partial charge in [-0.15, -0.1) is 0 Å². The van der Waals surface area contributed by atoms with E-state index in [2.05, 4.69) is 46.5 Å². The molecule has 162 valence electrons. The molecule has 6 heteroatoms. The first kappa shape index (κ1) is 20.0. The van der Waals surface area contributed by atoms with Crippen LogP contribution in [0.4, 0.5) is 5.82 Å². The Morgan fingerprint density at radius 2 is 1.87 bits per heavy atom. The molecule has 5 rings (SSSR count). The summed E-state index contributed by atoms with van der Waals surface area (Å²) in [5.41, 5.74) is 5.09. The molecule has 0 spiro atoms. The largest absolute Gasteiger partial charge is 0.356 e. The summed E-state index contributed by atoms with van der Waals surface area (Å²) in [7, 11) is 0. The fourth-order valence-electron chi connectivity index (χ4n) is 5.22. The number of aryl methyl sites for hydroxylation is 3. The lowest BCUT2D eigenvalue weighted by Crippen LogP contribution is -2.36. The highest BCUT2D eigenvalue weighted by Crippen LogP contribution is 2.37. The van der Waals surface area contributed by atoms with Gasteiger partial charge in [0.25, 0.3) is 0 Å². The van der Waals surface area contributed by atoms with Crippen molar-refractivity contribution in [3.63, 3.8) is 0 Å². The highest BCUT2D eigenvalue weighted by molar-refractivity contribution is 5.51. The molecule has 1 atom stereocenters. The van der Waals surface area contributed by atoms with Crippen molar-refractivity contribution in [3.8, 4) is 0 Å². The quantitative estimate of drug-likeness (QED) is 0.717. The maximum absolute atomic E-state index is 5.25. The molecule has 0 amide bonds. The molecule has 0 unspecified atom stereocenters. The Kier molecular flexibility index (Phi) is 5.52. The predicted molar refractivity (Wildman–Crippen MR) is 120 cm³/mol. The number of fused-ring (bicyclic) bond motifs is 1. The number of rotatable bonds is 6. The van der Waals surface area contributed by atoms with Gasteiger partial charge in [0.05, 0.1) is 11.7 Å². The molecular formula is C24H36N6. The minimum atomic E-state index is 0.317. The number of hydrogen-bond acceptors (Lipinski definition) is 5. The maximum Gasteiger partial charge on any atom is 0.148 e. The predicted octanol–water partition coefficient (Wildman–Crippen LogP) is 4.20. The smallest absolute Gasteiger partial charge is 0.148 e. The van der Waals surface area contributed by atoms with Crippen molar-refractivity contribution in [3.05, 3.63) is 34.5 Å². The van der Waals surface area contributed by atoms with E-state index < -0.39 is 0 Å². The fourth-order valence-corrected chi connectivity index (χ4v) is 5.22. The Morgan fingerprint density at radius 1 is 1.00 bits per heavy atom. The summed E-state index contributed by atoms with van der Waals surface area (Å²) in [6, 6.07) is 0.317. The van der Waals surface area contributed by atoms with Gasteiger partial charge in [0.1, 0.15) is 11.6 Å². The van der Waals surface area contributed by atoms with Crippen LogP contribution < -0.4 is 4.90 Å². The first-order valence-corrected chi connectivity index (χ1v) is 12.0. The lowest BCUT2D eigenvalue weighted by molar-refractivity contribution is 0.133. The second kappa shape index (κ2) is 8.29. The number of aromatic nitrogens is 4. The van der Waals surface area contributed by atoms with Crippen LogP contribution in [0.15, 0.2) is 6.20 Å². The van der Waals surface area contributed by atoms with Crippen molar-refractivity contribution in [2.24, 2.45) is 5.92 Å². The molecule has 1 saturated heterocycles. The zero-order valence-corrected chi connectivity index (χ0v) is 18.9. The average Bonchev–Trinajstić information content (AvgIpc) is 3.50. The Hall–Kier alpha value is -1.95. The summed E-state index contributed by atoms with van der Waals surface area (Å²) in [6.07, 6.45) is 11.0. The lowest BCUT2D eigenvalue weighted by Gasteiger charge is -2.36. The van der Waals surface area contributed by atoms with Crippen LogP contribution >= 0.6 is 0 Å². The molecule has 6 nitrogen and oxygen atoms in total. The summed E-state index contributed by atoms with van der Waals surface area (Å²) in [6.45, 7) is 11.8. The van der Waals surface area contributed by atoms with E-state index >= 15 is 0 Å². The molecule has 2 fully saturated rings. The van der Waals surface area contributed by atoms with Crippen molar-refractivity contribution in [2.45, 2.75) is 84.8 Å². The molecule has 1 saturated carbocycles.